The number of halogens is 6. The number of nitrogens with one attached hydrogen (secondary N) is 1. The third-order valence-corrected chi connectivity index (χ3v) is 4.11. The summed E-state index contributed by atoms with van der Waals surface area (Å²) in [5.41, 5.74) is -1.61. The van der Waals surface area contributed by atoms with Crippen LogP contribution in [0.5, 0.6) is 5.75 Å². The molecule has 0 aliphatic carbocycles. The molecule has 3 rings (SSSR count). The molecule has 1 aliphatic rings. The fourth-order valence-electron chi connectivity index (χ4n) is 2.70. The van der Waals surface area contributed by atoms with Crippen LogP contribution in [0.1, 0.15) is 30.2 Å². The van der Waals surface area contributed by atoms with Crippen LogP contribution in [0.3, 0.4) is 0 Å². The van der Waals surface area contributed by atoms with Crippen molar-refractivity contribution in [2.24, 2.45) is 0 Å². The van der Waals surface area contributed by atoms with Crippen LogP contribution in [-0.2, 0) is 11.0 Å². The van der Waals surface area contributed by atoms with Crippen LogP contribution >= 0.6 is 0 Å². The molecule has 0 atom stereocenters. The van der Waals surface area contributed by atoms with Gasteiger partial charge in [0.15, 0.2) is 0 Å². The van der Waals surface area contributed by atoms with Gasteiger partial charge >= 0.3 is 18.3 Å². The number of nitrogens with zero attached hydrogens (tertiary/aromatic N) is 2. The average Bonchev–Trinajstić information content (AvgIpc) is 3.10. The van der Waals surface area contributed by atoms with E-state index in [0.717, 1.165) is 6.07 Å². The lowest BCUT2D eigenvalue weighted by Gasteiger charge is -2.18. The molecule has 28 heavy (non-hydrogen) atoms. The Hall–Kier alpha value is -2.63. The molecule has 1 saturated heterocycles. The molecule has 12 heteroatoms. The number of esters is 1. The van der Waals surface area contributed by atoms with Crippen molar-refractivity contribution in [3.05, 3.63) is 29.7 Å². The third kappa shape index (κ3) is 4.43. The maximum atomic E-state index is 12.9. The van der Waals surface area contributed by atoms with Crippen LogP contribution in [0.4, 0.5) is 26.3 Å². The lowest BCUT2D eigenvalue weighted by Crippen LogP contribution is -2.28. The Labute approximate surface area is 153 Å². The maximum absolute atomic E-state index is 12.9. The van der Waals surface area contributed by atoms with E-state index in [1.807, 2.05) is 0 Å². The highest BCUT2D eigenvalue weighted by Crippen LogP contribution is 2.37. The van der Waals surface area contributed by atoms with Crippen LogP contribution < -0.4 is 10.1 Å². The maximum Gasteiger partial charge on any atom is 0.491 e. The van der Waals surface area contributed by atoms with Gasteiger partial charge in [-0.05, 0) is 44.1 Å². The van der Waals surface area contributed by atoms with Crippen molar-refractivity contribution in [3.8, 4) is 17.1 Å². The average molecular weight is 409 g/mol. The fraction of sp³-hybridized carbons (Fsp3) is 0.438. The van der Waals surface area contributed by atoms with Crippen LogP contribution in [0, 0.1) is 0 Å². The van der Waals surface area contributed by atoms with Gasteiger partial charge in [0.05, 0.1) is 11.1 Å². The molecule has 2 aromatic rings. The van der Waals surface area contributed by atoms with Gasteiger partial charge in [-0.25, -0.2) is 4.79 Å². The molecule has 1 N–H and O–H groups in total. The van der Waals surface area contributed by atoms with Crippen molar-refractivity contribution in [2.75, 3.05) is 13.1 Å². The summed E-state index contributed by atoms with van der Waals surface area (Å²) in [5, 5.41) is 6.75. The summed E-state index contributed by atoms with van der Waals surface area (Å²) in [4.78, 5) is 15.2. The summed E-state index contributed by atoms with van der Waals surface area (Å²) in [6.07, 6.45) is -8.87. The molecule has 2 heterocycles. The lowest BCUT2D eigenvalue weighted by molar-refractivity contribution is -0.189. The highest BCUT2D eigenvalue weighted by molar-refractivity contribution is 5.80. The first-order valence-electron chi connectivity index (χ1n) is 8.10. The van der Waals surface area contributed by atoms with E-state index in [2.05, 4.69) is 20.2 Å². The summed E-state index contributed by atoms with van der Waals surface area (Å²) in [7, 11) is 0. The van der Waals surface area contributed by atoms with Gasteiger partial charge in [-0.1, -0.05) is 5.16 Å². The number of hydrogen-bond donors (Lipinski definition) is 1. The quantitative estimate of drug-likeness (QED) is 0.473. The molecule has 0 bridgehead atoms. The molecule has 1 aliphatic heterocycles. The molecule has 1 aromatic heterocycles. The zero-order valence-electron chi connectivity index (χ0n) is 14.0. The van der Waals surface area contributed by atoms with Gasteiger partial charge in [0.25, 0.3) is 0 Å². The van der Waals surface area contributed by atoms with E-state index in [0.29, 0.717) is 38.1 Å². The predicted molar refractivity (Wildman–Crippen MR) is 81.3 cm³/mol. The van der Waals surface area contributed by atoms with Crippen LogP contribution in [-0.4, -0.2) is 35.4 Å². The van der Waals surface area contributed by atoms with Crippen molar-refractivity contribution >= 4 is 5.97 Å². The Morgan fingerprint density at radius 3 is 2.43 bits per heavy atom. The second-order valence-corrected chi connectivity index (χ2v) is 6.08. The monoisotopic (exact) mass is 409 g/mol. The summed E-state index contributed by atoms with van der Waals surface area (Å²) in [5.74, 6) is -3.76. The number of ether oxygens (including phenoxy) is 1. The first-order chi connectivity index (χ1) is 13.1. The predicted octanol–water partition coefficient (Wildman–Crippen LogP) is 3.69. The zero-order chi connectivity index (χ0) is 20.5. The van der Waals surface area contributed by atoms with Gasteiger partial charge in [-0.15, -0.1) is 0 Å². The van der Waals surface area contributed by atoms with E-state index in [4.69, 9.17) is 4.52 Å². The van der Waals surface area contributed by atoms with Crippen molar-refractivity contribution in [2.45, 2.75) is 31.1 Å². The molecule has 0 amide bonds. The van der Waals surface area contributed by atoms with Crippen LogP contribution in [0.25, 0.3) is 11.4 Å². The minimum atomic E-state index is -5.39. The molecule has 6 nitrogen and oxygen atoms in total. The van der Waals surface area contributed by atoms with Crippen LogP contribution in [0.2, 0.25) is 0 Å². The number of piperidine rings is 1. The normalized spacial score (nSPS) is 16.2. The van der Waals surface area contributed by atoms with E-state index in [-0.39, 0.29) is 23.2 Å². The number of carbonyl (C=O) groups excluding carboxylic acids is 1. The molecule has 152 valence electrons. The Kier molecular flexibility index (Phi) is 5.33. The first kappa shape index (κ1) is 20.1. The SMILES string of the molecule is O=C(Oc1cc(C(F)(F)F)ccc1-c1noc(C2CCNCC2)n1)C(F)(F)F. The highest BCUT2D eigenvalue weighted by atomic mass is 19.4. The molecule has 0 saturated carbocycles. The zero-order valence-corrected chi connectivity index (χ0v) is 14.0. The van der Waals surface area contributed by atoms with Crippen molar-refractivity contribution in [3.63, 3.8) is 0 Å². The summed E-state index contributed by atoms with van der Waals surface area (Å²) in [6.45, 7) is 1.41. The van der Waals surface area contributed by atoms with E-state index >= 15 is 0 Å². The number of aromatic nitrogens is 2. The third-order valence-electron chi connectivity index (χ3n) is 4.11. The Morgan fingerprint density at radius 2 is 1.82 bits per heavy atom. The van der Waals surface area contributed by atoms with Crippen molar-refractivity contribution < 1.29 is 40.4 Å². The van der Waals surface area contributed by atoms with Crippen molar-refractivity contribution in [1.82, 2.24) is 15.5 Å². The second kappa shape index (κ2) is 7.41. The second-order valence-electron chi connectivity index (χ2n) is 6.08. The largest absolute Gasteiger partial charge is 0.491 e. The Bertz CT molecular complexity index is 856. The summed E-state index contributed by atoms with van der Waals surface area (Å²) >= 11 is 0. The van der Waals surface area contributed by atoms with Gasteiger partial charge in [-0.2, -0.15) is 31.3 Å². The number of hydrogen-bond acceptors (Lipinski definition) is 6. The smallest absolute Gasteiger partial charge is 0.419 e. The van der Waals surface area contributed by atoms with E-state index in [1.54, 1.807) is 0 Å². The van der Waals surface area contributed by atoms with E-state index < -0.39 is 29.6 Å². The minimum Gasteiger partial charge on any atom is -0.419 e. The summed E-state index contributed by atoms with van der Waals surface area (Å²) < 4.78 is 85.5. The highest BCUT2D eigenvalue weighted by Gasteiger charge is 2.42. The molecule has 1 aromatic carbocycles. The van der Waals surface area contributed by atoms with Crippen LogP contribution in [0.15, 0.2) is 22.7 Å². The molecular formula is C16H13F6N3O3. The topological polar surface area (TPSA) is 77.2 Å². The molecule has 1 fully saturated rings. The molecule has 0 radical (unpaired) electrons. The summed E-state index contributed by atoms with van der Waals surface area (Å²) in [6, 6.07) is 1.75. The lowest BCUT2D eigenvalue weighted by atomic mass is 9.98. The van der Waals surface area contributed by atoms with Gasteiger partial charge in [-0.3, -0.25) is 0 Å². The Morgan fingerprint density at radius 1 is 1.14 bits per heavy atom. The number of alkyl halides is 6. The number of rotatable bonds is 3. The van der Waals surface area contributed by atoms with Gasteiger partial charge in [0.2, 0.25) is 11.7 Å². The molecule has 0 spiro atoms. The fourth-order valence-corrected chi connectivity index (χ4v) is 2.70. The minimum absolute atomic E-state index is 0.0851. The van der Waals surface area contributed by atoms with Gasteiger partial charge in [0.1, 0.15) is 5.75 Å². The Balaban J connectivity index is 1.97. The standard InChI is InChI=1S/C16H13F6N3O3/c17-15(18,19)9-1-2-10(11(7-9)27-14(26)16(20,21)22)12-24-13(28-25-12)8-3-5-23-6-4-8/h1-2,7-8,23H,3-6H2. The van der Waals surface area contributed by atoms with E-state index in [1.165, 1.54) is 0 Å². The van der Waals surface area contributed by atoms with Gasteiger partial charge in [0, 0.05) is 5.92 Å². The number of carbonyl (C=O) groups is 1. The van der Waals surface area contributed by atoms with E-state index in [9.17, 15) is 31.1 Å². The first-order valence-corrected chi connectivity index (χ1v) is 8.10. The van der Waals surface area contributed by atoms with Gasteiger partial charge < -0.3 is 14.6 Å². The molecular weight excluding hydrogens is 396 g/mol. The molecule has 0 unspecified atom stereocenters. The number of benzene rings is 1. The van der Waals surface area contributed by atoms with Crippen molar-refractivity contribution in [1.29, 1.82) is 0 Å².